The van der Waals surface area contributed by atoms with Crippen LogP contribution in [0.1, 0.15) is 24.2 Å². The molecule has 0 fully saturated rings. The maximum absolute atomic E-state index is 6.27. The van der Waals surface area contributed by atoms with Gasteiger partial charge in [-0.1, -0.05) is 65.5 Å². The molecule has 1 aromatic heterocycles. The molecule has 0 radical (unpaired) electrons. The molecule has 7 heteroatoms. The Morgan fingerprint density at radius 3 is 2.45 bits per heavy atom. The van der Waals surface area contributed by atoms with Crippen molar-refractivity contribution in [1.29, 1.82) is 0 Å². The standard InChI is InChI=1S/C13H16ClN3S3/c1-3-10(15)11(8-4-6-9(14)7-5-8)19-13-17-16-12(18-2)20-13/h4-7,10-11H,3,15H2,1-2H3. The van der Waals surface area contributed by atoms with Crippen molar-refractivity contribution >= 4 is 46.5 Å². The Hall–Kier alpha value is -0.270. The monoisotopic (exact) mass is 345 g/mol. The maximum atomic E-state index is 6.27. The lowest BCUT2D eigenvalue weighted by atomic mass is 10.0. The first-order chi connectivity index (χ1) is 9.63. The van der Waals surface area contributed by atoms with Crippen LogP contribution in [0, 0.1) is 0 Å². The van der Waals surface area contributed by atoms with E-state index in [2.05, 4.69) is 17.1 Å². The van der Waals surface area contributed by atoms with Gasteiger partial charge in [0.2, 0.25) is 0 Å². The van der Waals surface area contributed by atoms with Gasteiger partial charge in [-0.25, -0.2) is 0 Å². The summed E-state index contributed by atoms with van der Waals surface area (Å²) in [5.74, 6) is 0. The molecule has 1 aromatic carbocycles. The van der Waals surface area contributed by atoms with Crippen LogP contribution in [-0.4, -0.2) is 22.5 Å². The van der Waals surface area contributed by atoms with Crippen LogP contribution < -0.4 is 5.73 Å². The fourth-order valence-electron chi connectivity index (χ4n) is 1.71. The van der Waals surface area contributed by atoms with Gasteiger partial charge < -0.3 is 5.73 Å². The third-order valence-electron chi connectivity index (χ3n) is 2.85. The molecular formula is C13H16ClN3S3. The zero-order valence-corrected chi connectivity index (χ0v) is 14.5. The van der Waals surface area contributed by atoms with Gasteiger partial charge in [0, 0.05) is 11.1 Å². The highest BCUT2D eigenvalue weighted by atomic mass is 35.5. The van der Waals surface area contributed by atoms with Gasteiger partial charge in [0.05, 0.1) is 5.25 Å². The third kappa shape index (κ3) is 4.11. The number of benzene rings is 1. The normalized spacial score (nSPS) is 14.2. The molecule has 2 rings (SSSR count). The number of halogens is 1. The molecule has 0 saturated carbocycles. The van der Waals surface area contributed by atoms with Crippen molar-refractivity contribution in [2.75, 3.05) is 6.26 Å². The SMILES string of the molecule is CCC(N)C(Sc1nnc(SC)s1)c1ccc(Cl)cc1. The van der Waals surface area contributed by atoms with Crippen LogP contribution in [0.5, 0.6) is 0 Å². The summed E-state index contributed by atoms with van der Waals surface area (Å²) >= 11 is 10.9. The molecule has 2 unspecified atom stereocenters. The van der Waals surface area contributed by atoms with Crippen molar-refractivity contribution in [1.82, 2.24) is 10.2 Å². The highest BCUT2D eigenvalue weighted by Crippen LogP contribution is 2.40. The van der Waals surface area contributed by atoms with Crippen LogP contribution in [0.4, 0.5) is 0 Å². The van der Waals surface area contributed by atoms with E-state index in [-0.39, 0.29) is 11.3 Å². The van der Waals surface area contributed by atoms with E-state index in [0.29, 0.717) is 0 Å². The van der Waals surface area contributed by atoms with Gasteiger partial charge in [0.15, 0.2) is 8.68 Å². The average molecular weight is 346 g/mol. The summed E-state index contributed by atoms with van der Waals surface area (Å²) in [7, 11) is 0. The van der Waals surface area contributed by atoms with Crippen molar-refractivity contribution in [2.24, 2.45) is 5.73 Å². The van der Waals surface area contributed by atoms with Gasteiger partial charge in [-0.05, 0) is 30.4 Å². The van der Waals surface area contributed by atoms with Gasteiger partial charge in [-0.15, -0.1) is 10.2 Å². The minimum Gasteiger partial charge on any atom is -0.326 e. The molecule has 108 valence electrons. The average Bonchev–Trinajstić information content (AvgIpc) is 2.93. The molecule has 0 spiro atoms. The molecule has 2 N–H and O–H groups in total. The number of rotatable bonds is 6. The number of nitrogens with two attached hydrogens (primary N) is 1. The summed E-state index contributed by atoms with van der Waals surface area (Å²) in [4.78, 5) is 0. The van der Waals surface area contributed by atoms with Gasteiger partial charge in [0.1, 0.15) is 0 Å². The Labute approximate surface area is 136 Å². The molecule has 0 aliphatic heterocycles. The fraction of sp³-hybridized carbons (Fsp3) is 0.385. The van der Waals surface area contributed by atoms with Gasteiger partial charge in [-0.2, -0.15) is 0 Å². The molecule has 0 bridgehead atoms. The Kier molecular flexibility index (Phi) is 6.17. The molecule has 20 heavy (non-hydrogen) atoms. The molecule has 2 atom stereocenters. The van der Waals surface area contributed by atoms with Crippen LogP contribution in [-0.2, 0) is 0 Å². The summed E-state index contributed by atoms with van der Waals surface area (Å²) in [5, 5.41) is 9.25. The van der Waals surface area contributed by atoms with Crippen molar-refractivity contribution in [3.63, 3.8) is 0 Å². The van der Waals surface area contributed by atoms with Gasteiger partial charge in [-0.3, -0.25) is 0 Å². The zero-order valence-electron chi connectivity index (χ0n) is 11.2. The number of nitrogens with zero attached hydrogens (tertiary/aromatic N) is 2. The molecule has 1 heterocycles. The van der Waals surface area contributed by atoms with Gasteiger partial charge in [0.25, 0.3) is 0 Å². The van der Waals surface area contributed by atoms with E-state index >= 15 is 0 Å². The molecule has 0 saturated heterocycles. The molecule has 2 aromatic rings. The largest absolute Gasteiger partial charge is 0.326 e. The quantitative estimate of drug-likeness (QED) is 0.782. The minimum absolute atomic E-state index is 0.0720. The van der Waals surface area contributed by atoms with Gasteiger partial charge >= 0.3 is 0 Å². The fourth-order valence-corrected chi connectivity index (χ4v) is 4.70. The minimum atomic E-state index is 0.0720. The van der Waals surface area contributed by atoms with E-state index in [9.17, 15) is 0 Å². The second-order valence-electron chi connectivity index (χ2n) is 4.20. The number of aromatic nitrogens is 2. The molecule has 0 amide bonds. The van der Waals surface area contributed by atoms with Crippen LogP contribution in [0.3, 0.4) is 0 Å². The second kappa shape index (κ2) is 7.66. The van der Waals surface area contributed by atoms with E-state index in [1.807, 2.05) is 30.5 Å². The predicted molar refractivity (Wildman–Crippen MR) is 90.0 cm³/mol. The lowest BCUT2D eigenvalue weighted by molar-refractivity contribution is 0.634. The highest BCUT2D eigenvalue weighted by Gasteiger charge is 2.22. The lowest BCUT2D eigenvalue weighted by Gasteiger charge is -2.21. The maximum Gasteiger partial charge on any atom is 0.175 e. The van der Waals surface area contributed by atoms with E-state index in [1.165, 1.54) is 5.56 Å². The number of hydrogen-bond acceptors (Lipinski definition) is 6. The van der Waals surface area contributed by atoms with Crippen LogP contribution in [0.15, 0.2) is 32.9 Å². The predicted octanol–water partition coefficient (Wildman–Crippen LogP) is 4.48. The Bertz CT molecular complexity index is 544. The summed E-state index contributed by atoms with van der Waals surface area (Å²) in [6.07, 6.45) is 2.91. The Morgan fingerprint density at radius 1 is 1.25 bits per heavy atom. The highest BCUT2D eigenvalue weighted by molar-refractivity contribution is 8.03. The molecule has 3 nitrogen and oxygen atoms in total. The molecule has 0 aliphatic rings. The second-order valence-corrected chi connectivity index (χ2v) is 8.06. The number of thioether (sulfide) groups is 2. The molecular weight excluding hydrogens is 330 g/mol. The summed E-state index contributed by atoms with van der Waals surface area (Å²) in [6.45, 7) is 2.10. The lowest BCUT2D eigenvalue weighted by Crippen LogP contribution is -2.25. The first-order valence-corrected chi connectivity index (χ1v) is 9.49. The summed E-state index contributed by atoms with van der Waals surface area (Å²) < 4.78 is 1.94. The Balaban J connectivity index is 2.21. The van der Waals surface area contributed by atoms with Crippen LogP contribution in [0.25, 0.3) is 0 Å². The van der Waals surface area contributed by atoms with E-state index < -0.39 is 0 Å². The van der Waals surface area contributed by atoms with E-state index in [0.717, 1.165) is 20.1 Å². The third-order valence-corrected chi connectivity index (χ3v) is 6.49. The van der Waals surface area contributed by atoms with E-state index in [1.54, 1.807) is 34.9 Å². The zero-order chi connectivity index (χ0) is 14.5. The first kappa shape index (κ1) is 16.1. The van der Waals surface area contributed by atoms with Crippen molar-refractivity contribution in [3.05, 3.63) is 34.9 Å². The smallest absolute Gasteiger partial charge is 0.175 e. The Morgan fingerprint density at radius 2 is 1.90 bits per heavy atom. The van der Waals surface area contributed by atoms with Crippen molar-refractivity contribution < 1.29 is 0 Å². The number of hydrogen-bond donors (Lipinski definition) is 1. The van der Waals surface area contributed by atoms with Crippen molar-refractivity contribution in [3.8, 4) is 0 Å². The van der Waals surface area contributed by atoms with Crippen LogP contribution in [0.2, 0.25) is 5.02 Å². The van der Waals surface area contributed by atoms with Crippen LogP contribution >= 0.6 is 46.5 Å². The first-order valence-electron chi connectivity index (χ1n) is 6.19. The summed E-state index contributed by atoms with van der Waals surface area (Å²) in [5.41, 5.74) is 7.45. The van der Waals surface area contributed by atoms with E-state index in [4.69, 9.17) is 17.3 Å². The topological polar surface area (TPSA) is 51.8 Å². The summed E-state index contributed by atoms with van der Waals surface area (Å²) in [6, 6.07) is 7.95. The molecule has 0 aliphatic carbocycles. The van der Waals surface area contributed by atoms with Crippen molar-refractivity contribution in [2.45, 2.75) is 33.3 Å².